The van der Waals surface area contributed by atoms with Crippen LogP contribution in [0.25, 0.3) is 0 Å². The van der Waals surface area contributed by atoms with E-state index in [4.69, 9.17) is 16.3 Å². The highest BCUT2D eigenvalue weighted by Crippen LogP contribution is 2.19. The van der Waals surface area contributed by atoms with E-state index in [1.54, 1.807) is 6.07 Å². The molecule has 0 aliphatic carbocycles. The first-order valence-corrected chi connectivity index (χ1v) is 5.43. The van der Waals surface area contributed by atoms with Crippen LogP contribution in [0.1, 0.15) is 12.8 Å². The predicted octanol–water partition coefficient (Wildman–Crippen LogP) is 3.07. The molecule has 82 valence electrons. The smallest absolute Gasteiger partial charge is 0.126 e. The highest BCUT2D eigenvalue weighted by molar-refractivity contribution is 6.30. The molecule has 1 aromatic rings. The van der Waals surface area contributed by atoms with Crippen LogP contribution in [-0.2, 0) is 4.74 Å². The summed E-state index contributed by atoms with van der Waals surface area (Å²) < 4.78 is 18.4. The van der Waals surface area contributed by atoms with Gasteiger partial charge in [0.05, 0.1) is 6.10 Å². The van der Waals surface area contributed by atoms with Crippen LogP contribution < -0.4 is 5.32 Å². The van der Waals surface area contributed by atoms with Crippen molar-refractivity contribution in [1.29, 1.82) is 0 Å². The first-order chi connectivity index (χ1) is 7.24. The van der Waals surface area contributed by atoms with Crippen molar-refractivity contribution in [3.63, 3.8) is 0 Å². The minimum Gasteiger partial charge on any atom is -0.382 e. The van der Waals surface area contributed by atoms with E-state index in [1.807, 2.05) is 0 Å². The van der Waals surface area contributed by atoms with Gasteiger partial charge in [0.2, 0.25) is 0 Å². The topological polar surface area (TPSA) is 21.3 Å². The van der Waals surface area contributed by atoms with E-state index >= 15 is 0 Å². The molecule has 1 aliphatic rings. The monoisotopic (exact) mass is 229 g/mol. The summed E-state index contributed by atoms with van der Waals surface area (Å²) in [5, 5.41) is 3.53. The normalized spacial score (nSPS) is 20.5. The lowest BCUT2D eigenvalue weighted by molar-refractivity contribution is 0.120. The van der Waals surface area contributed by atoms with Crippen molar-refractivity contribution >= 4 is 17.3 Å². The summed E-state index contributed by atoms with van der Waals surface area (Å²) in [5.74, 6) is -0.322. The third kappa shape index (κ3) is 3.08. The number of ether oxygens (including phenoxy) is 1. The van der Waals surface area contributed by atoms with Crippen molar-refractivity contribution in [3.8, 4) is 0 Å². The second-order valence-electron chi connectivity index (χ2n) is 3.67. The second-order valence-corrected chi connectivity index (χ2v) is 4.11. The Morgan fingerprint density at radius 3 is 3.00 bits per heavy atom. The molecular formula is C11H13ClFNO. The molecule has 0 radical (unpaired) electrons. The number of nitrogens with one attached hydrogen (secondary N) is 1. The van der Waals surface area contributed by atoms with Crippen LogP contribution in [-0.4, -0.2) is 19.3 Å². The first-order valence-electron chi connectivity index (χ1n) is 5.05. The minimum absolute atomic E-state index is 0.243. The quantitative estimate of drug-likeness (QED) is 0.860. The number of benzene rings is 1. The SMILES string of the molecule is Fc1cc(Cl)cc(NCC2CCCO2)c1. The van der Waals surface area contributed by atoms with Gasteiger partial charge in [-0.25, -0.2) is 4.39 Å². The first kappa shape index (κ1) is 10.7. The van der Waals surface area contributed by atoms with Gasteiger partial charge in [-0.2, -0.15) is 0 Å². The zero-order valence-electron chi connectivity index (χ0n) is 8.30. The third-order valence-electron chi connectivity index (χ3n) is 2.42. The number of rotatable bonds is 3. The Kier molecular flexibility index (Phi) is 3.44. The maximum atomic E-state index is 13.0. The lowest BCUT2D eigenvalue weighted by Gasteiger charge is -2.12. The molecule has 1 saturated heterocycles. The van der Waals surface area contributed by atoms with E-state index in [-0.39, 0.29) is 11.9 Å². The van der Waals surface area contributed by atoms with E-state index in [2.05, 4.69) is 5.32 Å². The molecule has 4 heteroatoms. The molecule has 1 heterocycles. The highest BCUT2D eigenvalue weighted by Gasteiger charge is 2.14. The van der Waals surface area contributed by atoms with Gasteiger partial charge in [0.1, 0.15) is 5.82 Å². The van der Waals surface area contributed by atoms with Crippen LogP contribution in [0, 0.1) is 5.82 Å². The average Bonchev–Trinajstić information content (AvgIpc) is 2.65. The molecular weight excluding hydrogens is 217 g/mol. The maximum Gasteiger partial charge on any atom is 0.126 e. The molecule has 0 spiro atoms. The molecule has 0 amide bonds. The van der Waals surface area contributed by atoms with Gasteiger partial charge < -0.3 is 10.1 Å². The minimum atomic E-state index is -0.322. The molecule has 1 unspecified atom stereocenters. The van der Waals surface area contributed by atoms with Gasteiger partial charge in [0.25, 0.3) is 0 Å². The fourth-order valence-electron chi connectivity index (χ4n) is 1.69. The predicted molar refractivity (Wildman–Crippen MR) is 58.9 cm³/mol. The Labute approximate surface area is 93.4 Å². The number of anilines is 1. The van der Waals surface area contributed by atoms with Gasteiger partial charge in [-0.1, -0.05) is 11.6 Å². The zero-order chi connectivity index (χ0) is 10.7. The van der Waals surface area contributed by atoms with E-state index in [0.29, 0.717) is 17.3 Å². The molecule has 0 bridgehead atoms. The summed E-state index contributed by atoms with van der Waals surface area (Å²) in [6.45, 7) is 1.54. The summed E-state index contributed by atoms with van der Waals surface area (Å²) in [6, 6.07) is 4.43. The Balaban J connectivity index is 1.92. The van der Waals surface area contributed by atoms with E-state index in [0.717, 1.165) is 19.4 Å². The van der Waals surface area contributed by atoms with Crippen molar-refractivity contribution in [1.82, 2.24) is 0 Å². The molecule has 1 N–H and O–H groups in total. The summed E-state index contributed by atoms with van der Waals surface area (Å²) >= 11 is 5.73. The van der Waals surface area contributed by atoms with E-state index < -0.39 is 0 Å². The van der Waals surface area contributed by atoms with Gasteiger partial charge in [0, 0.05) is 23.9 Å². The highest BCUT2D eigenvalue weighted by atomic mass is 35.5. The van der Waals surface area contributed by atoms with Crippen LogP contribution in [0.15, 0.2) is 18.2 Å². The van der Waals surface area contributed by atoms with Crippen LogP contribution >= 0.6 is 11.6 Å². The van der Waals surface area contributed by atoms with E-state index in [9.17, 15) is 4.39 Å². The van der Waals surface area contributed by atoms with Gasteiger partial charge in [0.15, 0.2) is 0 Å². The summed E-state index contributed by atoms with van der Waals surface area (Å²) in [6.07, 6.45) is 2.42. The number of hydrogen-bond acceptors (Lipinski definition) is 2. The number of hydrogen-bond donors (Lipinski definition) is 1. The maximum absolute atomic E-state index is 13.0. The van der Waals surface area contributed by atoms with Gasteiger partial charge in [-0.3, -0.25) is 0 Å². The number of halogens is 2. The molecule has 15 heavy (non-hydrogen) atoms. The second kappa shape index (κ2) is 4.81. The van der Waals surface area contributed by atoms with Crippen molar-refractivity contribution in [2.24, 2.45) is 0 Å². The van der Waals surface area contributed by atoms with Gasteiger partial charge >= 0.3 is 0 Å². The Morgan fingerprint density at radius 1 is 1.47 bits per heavy atom. The Morgan fingerprint density at radius 2 is 2.33 bits per heavy atom. The van der Waals surface area contributed by atoms with Gasteiger partial charge in [-0.05, 0) is 31.0 Å². The molecule has 1 atom stereocenters. The van der Waals surface area contributed by atoms with Crippen molar-refractivity contribution in [2.75, 3.05) is 18.5 Å². The average molecular weight is 230 g/mol. The molecule has 1 aliphatic heterocycles. The third-order valence-corrected chi connectivity index (χ3v) is 2.64. The molecule has 1 aromatic carbocycles. The van der Waals surface area contributed by atoms with Crippen LogP contribution in [0.3, 0.4) is 0 Å². The molecule has 2 rings (SSSR count). The molecule has 0 aromatic heterocycles. The van der Waals surface area contributed by atoms with Gasteiger partial charge in [-0.15, -0.1) is 0 Å². The Hall–Kier alpha value is -0.800. The summed E-state index contributed by atoms with van der Waals surface area (Å²) in [5.41, 5.74) is 0.704. The summed E-state index contributed by atoms with van der Waals surface area (Å²) in [4.78, 5) is 0. The van der Waals surface area contributed by atoms with Crippen molar-refractivity contribution in [3.05, 3.63) is 29.0 Å². The molecule has 2 nitrogen and oxygen atoms in total. The summed E-state index contributed by atoms with van der Waals surface area (Å²) in [7, 11) is 0. The standard InChI is InChI=1S/C11H13ClFNO/c12-8-4-9(13)6-10(5-8)14-7-11-2-1-3-15-11/h4-6,11,14H,1-3,7H2. The van der Waals surface area contributed by atoms with Crippen LogP contribution in [0.5, 0.6) is 0 Å². The van der Waals surface area contributed by atoms with Crippen LogP contribution in [0.4, 0.5) is 10.1 Å². The fraction of sp³-hybridized carbons (Fsp3) is 0.455. The molecule has 0 saturated carbocycles. The van der Waals surface area contributed by atoms with Crippen molar-refractivity contribution in [2.45, 2.75) is 18.9 Å². The lowest BCUT2D eigenvalue weighted by atomic mass is 10.2. The molecule has 1 fully saturated rings. The largest absolute Gasteiger partial charge is 0.382 e. The van der Waals surface area contributed by atoms with Crippen LogP contribution in [0.2, 0.25) is 5.02 Å². The van der Waals surface area contributed by atoms with Crippen molar-refractivity contribution < 1.29 is 9.13 Å². The Bertz CT molecular complexity index is 319. The zero-order valence-corrected chi connectivity index (χ0v) is 9.06. The fourth-order valence-corrected chi connectivity index (χ4v) is 1.91. The lowest BCUT2D eigenvalue weighted by Crippen LogP contribution is -2.18. The van der Waals surface area contributed by atoms with E-state index in [1.165, 1.54) is 12.1 Å².